The first-order valence-corrected chi connectivity index (χ1v) is 27.4. The van der Waals surface area contributed by atoms with Gasteiger partial charge in [-0.25, -0.2) is 4.98 Å². The van der Waals surface area contributed by atoms with Crippen LogP contribution in [-0.2, 0) is 42.0 Å². The number of ether oxygens (including phenoxy) is 1. The zero-order valence-electron chi connectivity index (χ0n) is 44.3. The number of aryl methyl sites for hydroxylation is 1. The van der Waals surface area contributed by atoms with Gasteiger partial charge < -0.3 is 0 Å². The van der Waals surface area contributed by atoms with Gasteiger partial charge in [0.2, 0.25) is 0 Å². The summed E-state index contributed by atoms with van der Waals surface area (Å²) < 4.78 is 15.3. The molecule has 5 nitrogen and oxygen atoms in total. The third-order valence-corrected chi connectivity index (χ3v) is 16.3. The molecule has 11 aromatic rings. The van der Waals surface area contributed by atoms with E-state index in [9.17, 15) is 0 Å². The number of aromatic nitrogens is 4. The van der Waals surface area contributed by atoms with Gasteiger partial charge in [-0.15, -0.1) is 0 Å². The molecule has 1 aliphatic carbocycles. The average molecular weight is 1160 g/mol. The van der Waals surface area contributed by atoms with E-state index in [2.05, 4.69) is 277 Å². The topological polar surface area (TPSA) is 36.9 Å². The summed E-state index contributed by atoms with van der Waals surface area (Å²) in [4.78, 5) is 4.97. The Hall–Kier alpha value is -7.33. The van der Waals surface area contributed by atoms with E-state index in [-0.39, 0.29) is 22.3 Å². The molecule has 1 unspecified atom stereocenters. The van der Waals surface area contributed by atoms with Gasteiger partial charge in [-0.05, 0) is 40.3 Å². The summed E-state index contributed by atoms with van der Waals surface area (Å²) in [6, 6.07) is 71.7. The fourth-order valence-corrected chi connectivity index (χ4v) is 12.3. The Morgan fingerprint density at radius 2 is 1.13 bits per heavy atom. The van der Waals surface area contributed by atoms with E-state index in [1.54, 1.807) is 0 Å². The molecule has 1 atom stereocenters. The van der Waals surface area contributed by atoms with Gasteiger partial charge in [0.15, 0.2) is 0 Å². The molecule has 3 heterocycles. The Morgan fingerprint density at radius 3 is 1.83 bits per heavy atom. The van der Waals surface area contributed by atoms with Crippen LogP contribution in [-0.4, -0.2) is 18.7 Å². The van der Waals surface area contributed by atoms with Crippen molar-refractivity contribution in [1.29, 1.82) is 0 Å². The molecule has 0 saturated carbocycles. The molecule has 0 aliphatic heterocycles. The molecule has 1 aliphatic rings. The number of hydrogen-bond acceptors (Lipinski definition) is 2. The summed E-state index contributed by atoms with van der Waals surface area (Å²) in [6.07, 6.45) is 3.82. The molecule has 0 amide bonds. The van der Waals surface area contributed by atoms with E-state index < -0.39 is 0 Å². The Balaban J connectivity index is 0.985. The predicted octanol–water partition coefficient (Wildman–Crippen LogP) is 17.8. The molecule has 0 radical (unpaired) electrons. The summed E-state index contributed by atoms with van der Waals surface area (Å²) in [6.45, 7) is 20.7. The van der Waals surface area contributed by atoms with Crippen LogP contribution < -0.4 is 4.74 Å². The molecule has 75 heavy (non-hydrogen) atoms. The van der Waals surface area contributed by atoms with Crippen molar-refractivity contribution >= 4 is 32.8 Å². The monoisotopic (exact) mass is 1160 g/mol. The first kappa shape index (κ1) is 48.6. The molecule has 8 aromatic carbocycles. The summed E-state index contributed by atoms with van der Waals surface area (Å²) in [5.74, 6) is 2.15. The van der Waals surface area contributed by atoms with Crippen LogP contribution in [0.2, 0.25) is 0 Å². The normalized spacial score (nSPS) is 14.0. The van der Waals surface area contributed by atoms with Crippen LogP contribution in [0.1, 0.15) is 103 Å². The number of fused-ring (bicyclic) bond motifs is 5. The van der Waals surface area contributed by atoms with Crippen molar-refractivity contribution in [1.82, 2.24) is 18.7 Å². The molecule has 376 valence electrons. The summed E-state index contributed by atoms with van der Waals surface area (Å²) in [7, 11) is 0. The molecule has 0 saturated heterocycles. The number of hydrogen-bond donors (Lipinski definition) is 0. The van der Waals surface area contributed by atoms with Crippen molar-refractivity contribution in [2.45, 2.75) is 97.4 Å². The van der Waals surface area contributed by atoms with Crippen LogP contribution in [0.5, 0.6) is 11.5 Å². The maximum atomic E-state index is 6.88. The minimum absolute atomic E-state index is 0.0280. The SMILES string of the molecule is CC(C)(C)c1cc(-c2cccc(-c3ccccc3)c2-n2[c](=[Pt])n(C3CCc4ccc(Oc5[c-]c6c(cc5)c5cc(-c7ccccc7)ccc5n6-c5cc(C(C)(C)C)ccn5)[c-]c43)c3ccccc32)cc(C(C)(C)C)c1. The molecule has 0 fully saturated rings. The van der Waals surface area contributed by atoms with Gasteiger partial charge in [0, 0.05) is 6.20 Å². The van der Waals surface area contributed by atoms with E-state index in [1.165, 1.54) is 66.8 Å². The van der Waals surface area contributed by atoms with E-state index in [4.69, 9.17) is 9.72 Å². The Kier molecular flexibility index (Phi) is 12.0. The second kappa shape index (κ2) is 18.5. The molecule has 12 rings (SSSR count). The first-order chi connectivity index (χ1) is 36.0. The van der Waals surface area contributed by atoms with E-state index >= 15 is 0 Å². The third kappa shape index (κ3) is 8.83. The van der Waals surface area contributed by atoms with Crippen LogP contribution in [0.3, 0.4) is 0 Å². The Labute approximate surface area is 452 Å². The van der Waals surface area contributed by atoms with Gasteiger partial charge in [-0.3, -0.25) is 0 Å². The number of nitrogens with zero attached hydrogens (tertiary/aromatic N) is 4. The van der Waals surface area contributed by atoms with E-state index in [1.807, 2.05) is 12.3 Å². The zero-order chi connectivity index (χ0) is 52.0. The van der Waals surface area contributed by atoms with Gasteiger partial charge in [-0.1, -0.05) is 63.2 Å². The van der Waals surface area contributed by atoms with Crippen LogP contribution >= 0.6 is 0 Å². The number of benzene rings is 8. The molecule has 0 bridgehead atoms. The van der Waals surface area contributed by atoms with Crippen molar-refractivity contribution in [2.75, 3.05) is 0 Å². The standard InChI is InChI=1S/C69H62N4O.Pt/c1-67(2,3)50-35-36-70-65(41-50)73-61-34-29-48(45-19-12-10-13-20-45)39-59(61)57-32-31-54(43-64(57)73)74-53-30-27-47-28-33-60(58(47)42-53)71-44-72(63-26-17-16-25-62(63)71)66-55(46-21-14-11-15-22-46)23-18-24-56(66)49-37-51(68(4,5)6)40-52(38-49)69(7,8)9;/h10-27,29-32,34-41,60H,28,33H2,1-9H3;/q-2;. The number of pyridine rings is 1. The van der Waals surface area contributed by atoms with Crippen LogP contribution in [0, 0.1) is 15.9 Å². The maximum absolute atomic E-state index is 6.88. The first-order valence-electron chi connectivity index (χ1n) is 26.3. The fraction of sp³-hybridized carbons (Fsp3) is 0.217. The van der Waals surface area contributed by atoms with Gasteiger partial charge in [0.05, 0.1) is 0 Å². The minimum atomic E-state index is -0.0494. The second-order valence-electron chi connectivity index (χ2n) is 23.4. The van der Waals surface area contributed by atoms with Gasteiger partial charge >= 0.3 is 341 Å². The van der Waals surface area contributed by atoms with Gasteiger partial charge in [0.25, 0.3) is 0 Å². The Bertz CT molecular complexity index is 4030. The molecule has 0 N–H and O–H groups in total. The van der Waals surface area contributed by atoms with Crippen LogP contribution in [0.4, 0.5) is 0 Å². The second-order valence-corrected chi connectivity index (χ2v) is 24.4. The third-order valence-electron chi connectivity index (χ3n) is 15.2. The summed E-state index contributed by atoms with van der Waals surface area (Å²) in [5, 5.41) is 2.23. The zero-order valence-corrected chi connectivity index (χ0v) is 46.6. The fourth-order valence-electron chi connectivity index (χ4n) is 11.1. The number of imidazole rings is 1. The van der Waals surface area contributed by atoms with Crippen molar-refractivity contribution in [3.8, 4) is 56.4 Å². The quantitative estimate of drug-likeness (QED) is 0.142. The Morgan fingerprint density at radius 1 is 0.507 bits per heavy atom. The van der Waals surface area contributed by atoms with Gasteiger partial charge in [-0.2, -0.15) is 0 Å². The van der Waals surface area contributed by atoms with Crippen molar-refractivity contribution in [3.05, 3.63) is 226 Å². The van der Waals surface area contributed by atoms with E-state index in [0.29, 0.717) is 11.5 Å². The number of rotatable bonds is 8. The predicted molar refractivity (Wildman–Crippen MR) is 306 cm³/mol. The molecule has 0 spiro atoms. The average Bonchev–Trinajstić information content (AvgIpc) is 4.06. The van der Waals surface area contributed by atoms with Crippen molar-refractivity contribution in [2.24, 2.45) is 0 Å². The number of para-hydroxylation sites is 3. The van der Waals surface area contributed by atoms with E-state index in [0.717, 1.165) is 55.3 Å². The summed E-state index contributed by atoms with van der Waals surface area (Å²) in [5.41, 5.74) is 18.9. The van der Waals surface area contributed by atoms with Gasteiger partial charge in [0.1, 0.15) is 0 Å². The molecular weight excluding hydrogens is 1100 g/mol. The van der Waals surface area contributed by atoms with Crippen LogP contribution in [0.25, 0.3) is 77.7 Å². The van der Waals surface area contributed by atoms with Crippen molar-refractivity contribution < 1.29 is 24.1 Å². The molecule has 6 heteroatoms. The molecule has 3 aromatic heterocycles. The van der Waals surface area contributed by atoms with Crippen molar-refractivity contribution in [3.63, 3.8) is 0 Å². The molecular formula is C69H62N4OPt-2. The van der Waals surface area contributed by atoms with Crippen LogP contribution in [0.15, 0.2) is 182 Å². The summed E-state index contributed by atoms with van der Waals surface area (Å²) >= 11 is 2.60.